The molecule has 1 N–H and O–H groups in total. The number of hydrogen-bond donors (Lipinski definition) is 1. The maximum Gasteiger partial charge on any atom is 0.164 e. The average molecular weight is 380 g/mol. The van der Waals surface area contributed by atoms with Gasteiger partial charge in [-0.15, -0.1) is 5.10 Å². The van der Waals surface area contributed by atoms with E-state index in [2.05, 4.69) is 10.4 Å². The summed E-state index contributed by atoms with van der Waals surface area (Å²) in [6, 6.07) is 14.6. The van der Waals surface area contributed by atoms with Crippen LogP contribution in [0.4, 0.5) is 16.1 Å². The first kappa shape index (κ1) is 16.2. The van der Waals surface area contributed by atoms with E-state index in [-0.39, 0.29) is 0 Å². The van der Waals surface area contributed by atoms with Crippen molar-refractivity contribution >= 4 is 34.1 Å². The lowest BCUT2D eigenvalue weighted by atomic mass is 10.1. The molecule has 1 aliphatic carbocycles. The van der Waals surface area contributed by atoms with Crippen molar-refractivity contribution in [2.75, 3.05) is 5.32 Å². The number of hydrogen-bond acceptors (Lipinski definition) is 4. The van der Waals surface area contributed by atoms with Crippen molar-refractivity contribution in [3.05, 3.63) is 64.8 Å². The van der Waals surface area contributed by atoms with E-state index in [1.807, 2.05) is 36.4 Å². The summed E-state index contributed by atoms with van der Waals surface area (Å²) in [4.78, 5) is 9.81. The fourth-order valence-electron chi connectivity index (χ4n) is 3.53. The zero-order chi connectivity index (χ0) is 18.4. The number of fused-ring (bicyclic) bond motifs is 2. The van der Waals surface area contributed by atoms with Gasteiger partial charge < -0.3 is 5.32 Å². The second-order valence-electron chi connectivity index (χ2n) is 6.51. The van der Waals surface area contributed by atoms with Crippen molar-refractivity contribution in [1.82, 2.24) is 20.0 Å². The Bertz CT molecular complexity index is 1170. The van der Waals surface area contributed by atoms with Crippen molar-refractivity contribution in [3.8, 4) is 11.4 Å². The van der Waals surface area contributed by atoms with E-state index in [4.69, 9.17) is 21.6 Å². The molecule has 0 saturated carbocycles. The summed E-state index contributed by atoms with van der Waals surface area (Å²) < 4.78 is 14.1. The van der Waals surface area contributed by atoms with Crippen molar-refractivity contribution in [3.63, 3.8) is 0 Å². The van der Waals surface area contributed by atoms with Crippen LogP contribution in [0.1, 0.15) is 17.7 Å². The largest absolute Gasteiger partial charge is 0.322 e. The van der Waals surface area contributed by atoms with Crippen molar-refractivity contribution in [2.45, 2.75) is 19.3 Å². The number of nitrogens with zero attached hydrogens (tertiary/aromatic N) is 4. The van der Waals surface area contributed by atoms with Crippen LogP contribution >= 0.6 is 11.6 Å². The van der Waals surface area contributed by atoms with Gasteiger partial charge in [0.15, 0.2) is 11.6 Å². The second kappa shape index (κ2) is 6.32. The zero-order valence-corrected chi connectivity index (χ0v) is 15.0. The third-order valence-corrected chi connectivity index (χ3v) is 5.16. The number of nitrogens with one attached hydrogen (secondary N) is 1. The summed E-state index contributed by atoms with van der Waals surface area (Å²) in [5.41, 5.74) is 3.25. The van der Waals surface area contributed by atoms with Gasteiger partial charge in [-0.3, -0.25) is 0 Å². The molecule has 0 bridgehead atoms. The number of aromatic nitrogens is 4. The van der Waals surface area contributed by atoms with Gasteiger partial charge in [0.25, 0.3) is 0 Å². The van der Waals surface area contributed by atoms with Crippen LogP contribution in [0, 0.1) is 0 Å². The molecule has 0 atom stereocenters. The molecule has 5 nitrogen and oxygen atoms in total. The van der Waals surface area contributed by atoms with E-state index in [0.717, 1.165) is 36.1 Å². The molecule has 2 aromatic carbocycles. The smallest absolute Gasteiger partial charge is 0.164 e. The molecule has 5 rings (SSSR count). The van der Waals surface area contributed by atoms with Crippen molar-refractivity contribution in [1.29, 1.82) is 0 Å². The van der Waals surface area contributed by atoms with E-state index in [1.54, 1.807) is 12.1 Å². The highest BCUT2D eigenvalue weighted by Crippen LogP contribution is 2.34. The highest BCUT2D eigenvalue weighted by Gasteiger charge is 2.22. The third-order valence-electron chi connectivity index (χ3n) is 4.83. The van der Waals surface area contributed by atoms with E-state index in [1.165, 1.54) is 0 Å². The van der Waals surface area contributed by atoms with Crippen LogP contribution in [0.5, 0.6) is 0 Å². The standard InChI is InChI=1S/C20H15ClFN5/c21-15-9-3-1-6-12(15)18-23-16-10-5-8-13(16)19(24-18)25-20-14-7-2-4-11-17(14)27(22)26-20/h1-4,6-7,9,11H,5,8,10H2,(H,23,24,25,26). The summed E-state index contributed by atoms with van der Waals surface area (Å²) in [6.45, 7) is 0. The van der Waals surface area contributed by atoms with Crippen LogP contribution in [-0.4, -0.2) is 20.0 Å². The minimum atomic E-state index is 0.383. The molecular formula is C20H15ClFN5. The van der Waals surface area contributed by atoms with Crippen LogP contribution in [0.3, 0.4) is 0 Å². The van der Waals surface area contributed by atoms with Crippen molar-refractivity contribution in [2.24, 2.45) is 0 Å². The van der Waals surface area contributed by atoms with Crippen molar-refractivity contribution < 1.29 is 4.48 Å². The molecule has 0 unspecified atom stereocenters. The van der Waals surface area contributed by atoms with Gasteiger partial charge in [0, 0.05) is 22.2 Å². The number of halogens is 2. The molecular weight excluding hydrogens is 365 g/mol. The first-order chi connectivity index (χ1) is 13.2. The van der Waals surface area contributed by atoms with Crippen LogP contribution in [0.2, 0.25) is 5.02 Å². The van der Waals surface area contributed by atoms with Crippen LogP contribution in [0.15, 0.2) is 48.5 Å². The number of anilines is 2. The topological polar surface area (TPSA) is 55.6 Å². The minimum Gasteiger partial charge on any atom is -0.322 e. The summed E-state index contributed by atoms with van der Waals surface area (Å²) >= 11 is 6.34. The van der Waals surface area contributed by atoms with Gasteiger partial charge in [-0.1, -0.05) is 45.3 Å². The number of benzene rings is 2. The predicted molar refractivity (Wildman–Crippen MR) is 104 cm³/mol. The van der Waals surface area contributed by atoms with Gasteiger partial charge in [0.1, 0.15) is 11.3 Å². The molecule has 0 radical (unpaired) electrons. The molecule has 1 aliphatic rings. The first-order valence-corrected chi connectivity index (χ1v) is 9.14. The molecule has 7 heteroatoms. The Balaban J connectivity index is 1.65. The SMILES string of the molecule is Fn1nc(Nc2nc(-c3ccccc3Cl)nc3c2CCC3)c2ccccc21. The quantitative estimate of drug-likeness (QED) is 0.537. The van der Waals surface area contributed by atoms with Crippen LogP contribution < -0.4 is 5.32 Å². The normalized spacial score (nSPS) is 13.1. The van der Waals surface area contributed by atoms with Crippen LogP contribution in [-0.2, 0) is 12.8 Å². The predicted octanol–water partition coefficient (Wildman–Crippen LogP) is 5.11. The van der Waals surface area contributed by atoms with Gasteiger partial charge in [-0.25, -0.2) is 9.97 Å². The monoisotopic (exact) mass is 379 g/mol. The lowest BCUT2D eigenvalue weighted by Crippen LogP contribution is -2.04. The minimum absolute atomic E-state index is 0.383. The summed E-state index contributed by atoms with van der Waals surface area (Å²) in [5.74, 6) is 1.66. The Hall–Kier alpha value is -2.99. The van der Waals surface area contributed by atoms with E-state index >= 15 is 0 Å². The fraction of sp³-hybridized carbons (Fsp3) is 0.150. The van der Waals surface area contributed by atoms with E-state index < -0.39 is 0 Å². The highest BCUT2D eigenvalue weighted by atomic mass is 35.5. The Kier molecular flexibility index (Phi) is 3.79. The third kappa shape index (κ3) is 2.73. The highest BCUT2D eigenvalue weighted by molar-refractivity contribution is 6.33. The summed E-state index contributed by atoms with van der Waals surface area (Å²) in [7, 11) is 0. The molecule has 0 saturated heterocycles. The molecule has 2 heterocycles. The molecule has 0 fully saturated rings. The molecule has 0 amide bonds. The molecule has 0 spiro atoms. The Morgan fingerprint density at radius 1 is 0.963 bits per heavy atom. The lowest BCUT2D eigenvalue weighted by Gasteiger charge is -2.12. The first-order valence-electron chi connectivity index (χ1n) is 8.76. The molecule has 0 aliphatic heterocycles. The summed E-state index contributed by atoms with van der Waals surface area (Å²) in [6.07, 6.45) is 2.79. The van der Waals surface area contributed by atoms with E-state index in [9.17, 15) is 4.48 Å². The number of rotatable bonds is 3. The Morgan fingerprint density at radius 3 is 2.67 bits per heavy atom. The lowest BCUT2D eigenvalue weighted by molar-refractivity contribution is 0.334. The Morgan fingerprint density at radius 2 is 1.78 bits per heavy atom. The molecule has 134 valence electrons. The summed E-state index contributed by atoms with van der Waals surface area (Å²) in [5, 5.41) is 8.51. The second-order valence-corrected chi connectivity index (χ2v) is 6.91. The Labute approximate surface area is 159 Å². The maximum atomic E-state index is 14.1. The molecule has 27 heavy (non-hydrogen) atoms. The maximum absolute atomic E-state index is 14.1. The van der Waals surface area contributed by atoms with Gasteiger partial charge in [-0.05, 0) is 43.5 Å². The number of para-hydroxylation sites is 1. The van der Waals surface area contributed by atoms with Crippen LogP contribution in [0.25, 0.3) is 22.3 Å². The van der Waals surface area contributed by atoms with E-state index in [0.29, 0.717) is 38.3 Å². The zero-order valence-electron chi connectivity index (χ0n) is 14.3. The van der Waals surface area contributed by atoms with Gasteiger partial charge >= 0.3 is 0 Å². The van der Waals surface area contributed by atoms with Gasteiger partial charge in [0.05, 0.1) is 5.02 Å². The molecule has 2 aromatic heterocycles. The average Bonchev–Trinajstić information content (AvgIpc) is 3.28. The van der Waals surface area contributed by atoms with Gasteiger partial charge in [-0.2, -0.15) is 0 Å². The molecule has 4 aromatic rings. The fourth-order valence-corrected chi connectivity index (χ4v) is 3.75. The van der Waals surface area contributed by atoms with Gasteiger partial charge in [0.2, 0.25) is 0 Å². The number of aryl methyl sites for hydroxylation is 1.